The number of methoxy groups -OCH3 is 1. The minimum Gasteiger partial charge on any atom is -0.497 e. The number of hydrogen-bond acceptors (Lipinski definition) is 5. The predicted octanol–water partition coefficient (Wildman–Crippen LogP) is 4.79. The molecule has 34 heavy (non-hydrogen) atoms. The van der Waals surface area contributed by atoms with E-state index in [9.17, 15) is 9.59 Å². The number of benzene rings is 2. The summed E-state index contributed by atoms with van der Waals surface area (Å²) in [6.45, 7) is 5.97. The van der Waals surface area contributed by atoms with Crippen LogP contribution in [0.15, 0.2) is 71.0 Å². The standard InChI is InChI=1S/C27H28N2O5/c1-17-7-12-24-21(14-17)23(16-27(2,3)34-24)29-26(31)22(15-20-6-5-13-33-20)28-25(30)18-8-10-19(32-4)11-9-18/h5-15,23H,16H2,1-4H3,(H,28,30)(H,29,31)/b22-15-. The van der Waals surface area contributed by atoms with Gasteiger partial charge in [-0.1, -0.05) is 17.7 Å². The maximum atomic E-state index is 13.4. The highest BCUT2D eigenvalue weighted by Crippen LogP contribution is 2.40. The van der Waals surface area contributed by atoms with Gasteiger partial charge in [0.2, 0.25) is 0 Å². The number of hydrogen-bond donors (Lipinski definition) is 2. The molecule has 4 rings (SSSR count). The number of carbonyl (C=O) groups excluding carboxylic acids is 2. The van der Waals surface area contributed by atoms with Crippen LogP contribution in [0.5, 0.6) is 11.5 Å². The van der Waals surface area contributed by atoms with Crippen molar-refractivity contribution in [3.05, 3.63) is 89.0 Å². The minimum absolute atomic E-state index is 0.0780. The van der Waals surface area contributed by atoms with Crippen molar-refractivity contribution in [1.82, 2.24) is 10.6 Å². The summed E-state index contributed by atoms with van der Waals surface area (Å²) in [5.74, 6) is 0.985. The maximum absolute atomic E-state index is 13.4. The SMILES string of the molecule is COc1ccc(C(=O)N/C(=C\c2ccco2)C(=O)NC2CC(C)(C)Oc3ccc(C)cc32)cc1. The Morgan fingerprint density at radius 3 is 2.56 bits per heavy atom. The molecule has 0 saturated carbocycles. The third-order valence-electron chi connectivity index (χ3n) is 5.60. The van der Waals surface area contributed by atoms with Crippen molar-refractivity contribution in [2.45, 2.75) is 38.8 Å². The number of ether oxygens (including phenoxy) is 2. The molecule has 0 bridgehead atoms. The van der Waals surface area contributed by atoms with E-state index in [1.54, 1.807) is 43.5 Å². The van der Waals surface area contributed by atoms with Crippen LogP contribution in [0.3, 0.4) is 0 Å². The van der Waals surface area contributed by atoms with E-state index in [0.29, 0.717) is 23.5 Å². The fourth-order valence-corrected chi connectivity index (χ4v) is 3.95. The van der Waals surface area contributed by atoms with Crippen LogP contribution in [0.1, 0.15) is 53.6 Å². The van der Waals surface area contributed by atoms with E-state index in [4.69, 9.17) is 13.9 Å². The Bertz CT molecular complexity index is 1210. The van der Waals surface area contributed by atoms with Gasteiger partial charge in [0.05, 0.1) is 19.4 Å². The zero-order chi connectivity index (χ0) is 24.3. The minimum atomic E-state index is -0.461. The number of amides is 2. The van der Waals surface area contributed by atoms with Crippen molar-refractivity contribution in [2.75, 3.05) is 7.11 Å². The highest BCUT2D eigenvalue weighted by molar-refractivity contribution is 6.05. The summed E-state index contributed by atoms with van der Waals surface area (Å²) >= 11 is 0. The molecule has 2 heterocycles. The average Bonchev–Trinajstić information content (AvgIpc) is 3.32. The quantitative estimate of drug-likeness (QED) is 0.517. The van der Waals surface area contributed by atoms with Crippen molar-refractivity contribution < 1.29 is 23.5 Å². The van der Waals surface area contributed by atoms with Crippen LogP contribution in [0.25, 0.3) is 6.08 Å². The summed E-state index contributed by atoms with van der Waals surface area (Å²) < 4.78 is 16.6. The summed E-state index contributed by atoms with van der Waals surface area (Å²) in [5.41, 5.74) is 1.99. The molecule has 7 nitrogen and oxygen atoms in total. The molecule has 0 fully saturated rings. The summed E-state index contributed by atoms with van der Waals surface area (Å²) in [5, 5.41) is 5.81. The van der Waals surface area contributed by atoms with E-state index < -0.39 is 17.4 Å². The van der Waals surface area contributed by atoms with Crippen LogP contribution < -0.4 is 20.1 Å². The molecule has 1 aliphatic rings. The van der Waals surface area contributed by atoms with E-state index in [0.717, 1.165) is 16.9 Å². The molecule has 0 saturated heterocycles. The van der Waals surface area contributed by atoms with Gasteiger partial charge in [0, 0.05) is 23.6 Å². The fraction of sp³-hybridized carbons (Fsp3) is 0.259. The molecule has 1 aromatic heterocycles. The Morgan fingerprint density at radius 2 is 1.88 bits per heavy atom. The molecule has 2 aromatic carbocycles. The smallest absolute Gasteiger partial charge is 0.268 e. The lowest BCUT2D eigenvalue weighted by Gasteiger charge is -2.38. The van der Waals surface area contributed by atoms with Gasteiger partial charge < -0.3 is 24.5 Å². The molecule has 1 aliphatic heterocycles. The Hall–Kier alpha value is -4.00. The molecule has 2 amide bonds. The normalized spacial score (nSPS) is 16.7. The van der Waals surface area contributed by atoms with Crippen molar-refractivity contribution in [2.24, 2.45) is 0 Å². The van der Waals surface area contributed by atoms with Gasteiger partial charge >= 0.3 is 0 Å². The van der Waals surface area contributed by atoms with E-state index in [1.807, 2.05) is 39.0 Å². The van der Waals surface area contributed by atoms with Crippen molar-refractivity contribution in [1.29, 1.82) is 0 Å². The monoisotopic (exact) mass is 460 g/mol. The first kappa shape index (κ1) is 23.2. The Morgan fingerprint density at radius 1 is 1.12 bits per heavy atom. The van der Waals surface area contributed by atoms with Crippen LogP contribution in [0.4, 0.5) is 0 Å². The number of rotatable bonds is 6. The largest absolute Gasteiger partial charge is 0.497 e. The van der Waals surface area contributed by atoms with Crippen LogP contribution in [0.2, 0.25) is 0 Å². The summed E-state index contributed by atoms with van der Waals surface area (Å²) in [4.78, 5) is 26.3. The molecule has 2 N–H and O–H groups in total. The number of carbonyl (C=O) groups is 2. The van der Waals surface area contributed by atoms with E-state index in [2.05, 4.69) is 10.6 Å². The van der Waals surface area contributed by atoms with E-state index >= 15 is 0 Å². The molecule has 7 heteroatoms. The Kier molecular flexibility index (Phi) is 6.45. The van der Waals surface area contributed by atoms with Gasteiger partial charge in [-0.15, -0.1) is 0 Å². The zero-order valence-electron chi connectivity index (χ0n) is 19.7. The number of aryl methyl sites for hydroxylation is 1. The van der Waals surface area contributed by atoms with Gasteiger partial charge in [0.25, 0.3) is 11.8 Å². The maximum Gasteiger partial charge on any atom is 0.268 e. The van der Waals surface area contributed by atoms with Crippen LogP contribution in [-0.4, -0.2) is 24.5 Å². The highest BCUT2D eigenvalue weighted by Gasteiger charge is 2.35. The Labute approximate surface area is 198 Å². The van der Waals surface area contributed by atoms with Crippen LogP contribution in [0, 0.1) is 6.92 Å². The molecule has 1 atom stereocenters. The number of furan rings is 1. The number of fused-ring (bicyclic) bond motifs is 1. The molecular formula is C27H28N2O5. The van der Waals surface area contributed by atoms with Crippen LogP contribution >= 0.6 is 0 Å². The predicted molar refractivity (Wildman–Crippen MR) is 129 cm³/mol. The van der Waals surface area contributed by atoms with Gasteiger partial charge in [-0.25, -0.2) is 0 Å². The first-order valence-corrected chi connectivity index (χ1v) is 11.0. The number of nitrogens with one attached hydrogen (secondary N) is 2. The Balaban J connectivity index is 1.60. The van der Waals surface area contributed by atoms with Crippen LogP contribution in [-0.2, 0) is 4.79 Å². The average molecular weight is 461 g/mol. The second-order valence-electron chi connectivity index (χ2n) is 8.89. The van der Waals surface area contributed by atoms with Gasteiger partial charge in [-0.2, -0.15) is 0 Å². The van der Waals surface area contributed by atoms with Gasteiger partial charge in [-0.3, -0.25) is 9.59 Å². The molecule has 3 aromatic rings. The van der Waals surface area contributed by atoms with Crippen molar-refractivity contribution in [3.63, 3.8) is 0 Å². The lowest BCUT2D eigenvalue weighted by atomic mass is 9.89. The molecule has 0 aliphatic carbocycles. The summed E-state index contributed by atoms with van der Waals surface area (Å²) in [6, 6.07) is 15.7. The molecule has 0 radical (unpaired) electrons. The lowest BCUT2D eigenvalue weighted by Crippen LogP contribution is -2.43. The van der Waals surface area contributed by atoms with Gasteiger partial charge in [-0.05, 0) is 63.2 Å². The molecule has 176 valence electrons. The third-order valence-corrected chi connectivity index (χ3v) is 5.60. The highest BCUT2D eigenvalue weighted by atomic mass is 16.5. The van der Waals surface area contributed by atoms with Crippen molar-refractivity contribution >= 4 is 17.9 Å². The second-order valence-corrected chi connectivity index (χ2v) is 8.89. The van der Waals surface area contributed by atoms with E-state index in [1.165, 1.54) is 12.3 Å². The van der Waals surface area contributed by atoms with E-state index in [-0.39, 0.29) is 11.7 Å². The van der Waals surface area contributed by atoms with Gasteiger partial charge in [0.1, 0.15) is 28.6 Å². The third kappa shape index (κ3) is 5.31. The topological polar surface area (TPSA) is 89.8 Å². The fourth-order valence-electron chi connectivity index (χ4n) is 3.95. The first-order valence-electron chi connectivity index (χ1n) is 11.0. The summed E-state index contributed by atoms with van der Waals surface area (Å²) in [6.07, 6.45) is 3.60. The van der Waals surface area contributed by atoms with Gasteiger partial charge in [0.15, 0.2) is 0 Å². The molecule has 1 unspecified atom stereocenters. The molecular weight excluding hydrogens is 432 g/mol. The van der Waals surface area contributed by atoms with Crippen molar-refractivity contribution in [3.8, 4) is 11.5 Å². The second kappa shape index (κ2) is 9.47. The molecule has 0 spiro atoms. The zero-order valence-corrected chi connectivity index (χ0v) is 19.7. The summed E-state index contributed by atoms with van der Waals surface area (Å²) in [7, 11) is 1.56. The first-order chi connectivity index (χ1) is 16.2. The lowest BCUT2D eigenvalue weighted by molar-refractivity contribution is -0.119.